The average Bonchev–Trinajstić information content (AvgIpc) is 3.02. The number of rotatable bonds is 7. The van der Waals surface area contributed by atoms with Gasteiger partial charge in [-0.25, -0.2) is 0 Å². The lowest BCUT2D eigenvalue weighted by atomic mass is 10.0. The zero-order chi connectivity index (χ0) is 17.8. The fraction of sp³-hybridized carbons (Fsp3) is 0.300. The van der Waals surface area contributed by atoms with Crippen LogP contribution in [0.25, 0.3) is 10.1 Å². The van der Waals surface area contributed by atoms with Gasteiger partial charge < -0.3 is 15.2 Å². The normalized spacial score (nSPS) is 13.8. The molecule has 0 aliphatic heterocycles. The highest BCUT2D eigenvalue weighted by Crippen LogP contribution is 2.34. The van der Waals surface area contributed by atoms with Crippen molar-refractivity contribution in [2.45, 2.75) is 25.5 Å². The molecule has 3 aromatic rings. The molecule has 2 aromatic carbocycles. The maximum Gasteiger partial charge on any atom is 0.127 e. The van der Waals surface area contributed by atoms with E-state index in [1.165, 1.54) is 15.6 Å². The Morgan fingerprint density at radius 2 is 2.04 bits per heavy atom. The van der Waals surface area contributed by atoms with Gasteiger partial charge in [-0.2, -0.15) is 0 Å². The van der Waals surface area contributed by atoms with E-state index in [-0.39, 0.29) is 6.04 Å². The summed E-state index contributed by atoms with van der Waals surface area (Å²) in [7, 11) is 1.71. The molecule has 3 rings (SSSR count). The van der Waals surface area contributed by atoms with E-state index in [1.807, 2.05) is 30.3 Å². The molecular weight excluding hydrogens is 354 g/mol. The monoisotopic (exact) mass is 375 g/mol. The Morgan fingerprint density at radius 3 is 2.80 bits per heavy atom. The van der Waals surface area contributed by atoms with E-state index in [2.05, 4.69) is 23.7 Å². The number of hydrogen-bond acceptors (Lipinski definition) is 4. The lowest BCUT2D eigenvalue weighted by Gasteiger charge is -2.18. The van der Waals surface area contributed by atoms with E-state index in [9.17, 15) is 5.11 Å². The van der Waals surface area contributed by atoms with Crippen molar-refractivity contribution in [3.8, 4) is 5.75 Å². The van der Waals surface area contributed by atoms with E-state index in [4.69, 9.17) is 16.3 Å². The quantitative estimate of drug-likeness (QED) is 0.622. The highest BCUT2D eigenvalue weighted by Gasteiger charge is 2.14. The minimum atomic E-state index is -0.574. The highest BCUT2D eigenvalue weighted by atomic mass is 35.5. The molecule has 5 heteroatoms. The van der Waals surface area contributed by atoms with Crippen LogP contribution >= 0.6 is 22.9 Å². The van der Waals surface area contributed by atoms with Crippen LogP contribution in [0.5, 0.6) is 5.75 Å². The van der Waals surface area contributed by atoms with Gasteiger partial charge >= 0.3 is 0 Å². The average molecular weight is 376 g/mol. The fourth-order valence-electron chi connectivity index (χ4n) is 2.99. The largest absolute Gasteiger partial charge is 0.496 e. The van der Waals surface area contributed by atoms with Crippen LogP contribution in [-0.4, -0.2) is 24.8 Å². The van der Waals surface area contributed by atoms with Crippen molar-refractivity contribution in [2.75, 3.05) is 13.7 Å². The van der Waals surface area contributed by atoms with Crippen LogP contribution in [-0.2, 0) is 6.42 Å². The fourth-order valence-corrected chi connectivity index (χ4v) is 4.17. The van der Waals surface area contributed by atoms with E-state index >= 15 is 0 Å². The molecule has 0 amide bonds. The van der Waals surface area contributed by atoms with Crippen molar-refractivity contribution >= 4 is 33.0 Å². The van der Waals surface area contributed by atoms with Crippen molar-refractivity contribution in [3.63, 3.8) is 0 Å². The second kappa shape index (κ2) is 8.19. The van der Waals surface area contributed by atoms with E-state index in [0.717, 1.165) is 17.7 Å². The van der Waals surface area contributed by atoms with Crippen LogP contribution in [0.4, 0.5) is 0 Å². The van der Waals surface area contributed by atoms with Gasteiger partial charge in [0, 0.05) is 27.7 Å². The summed E-state index contributed by atoms with van der Waals surface area (Å²) >= 11 is 7.72. The van der Waals surface area contributed by atoms with Crippen molar-refractivity contribution in [1.29, 1.82) is 0 Å². The van der Waals surface area contributed by atoms with E-state index in [0.29, 0.717) is 11.6 Å². The van der Waals surface area contributed by atoms with Gasteiger partial charge in [-0.15, -0.1) is 11.3 Å². The standard InChI is InChI=1S/C20H22ClNO2S/c1-13(22-11-17(23)14-5-3-6-16(21)10-14)9-15-12-25-19-8-4-7-18(24-2)20(15)19/h3-8,10,12-13,17,22-23H,9,11H2,1-2H3. The number of fused-ring (bicyclic) bond motifs is 1. The van der Waals surface area contributed by atoms with Gasteiger partial charge in [0.1, 0.15) is 5.75 Å². The second-order valence-corrected chi connectivity index (χ2v) is 7.53. The van der Waals surface area contributed by atoms with Gasteiger partial charge in [-0.05, 0) is 54.1 Å². The maximum absolute atomic E-state index is 10.3. The number of methoxy groups -OCH3 is 1. The Hall–Kier alpha value is -1.59. The number of aliphatic hydroxyl groups is 1. The lowest BCUT2D eigenvalue weighted by Crippen LogP contribution is -2.32. The summed E-state index contributed by atoms with van der Waals surface area (Å²) in [5, 5.41) is 17.8. The predicted octanol–water partition coefficient (Wildman–Crippen LogP) is 4.82. The van der Waals surface area contributed by atoms with Gasteiger partial charge in [-0.1, -0.05) is 29.8 Å². The van der Waals surface area contributed by atoms with Crippen molar-refractivity contribution in [3.05, 3.63) is 64.0 Å². The molecule has 2 atom stereocenters. The maximum atomic E-state index is 10.3. The Balaban J connectivity index is 1.64. The molecule has 0 aliphatic rings. The van der Waals surface area contributed by atoms with Crippen LogP contribution in [0.15, 0.2) is 47.8 Å². The number of benzene rings is 2. The molecule has 0 fully saturated rings. The highest BCUT2D eigenvalue weighted by molar-refractivity contribution is 7.17. The Bertz CT molecular complexity index is 849. The SMILES string of the molecule is COc1cccc2scc(CC(C)NCC(O)c3cccc(Cl)c3)c12. The molecule has 0 spiro atoms. The van der Waals surface area contributed by atoms with Crippen LogP contribution in [0, 0.1) is 0 Å². The first-order valence-corrected chi connectivity index (χ1v) is 9.54. The topological polar surface area (TPSA) is 41.5 Å². The molecule has 0 saturated heterocycles. The molecule has 0 saturated carbocycles. The summed E-state index contributed by atoms with van der Waals surface area (Å²) in [5.41, 5.74) is 2.10. The molecule has 1 heterocycles. The molecule has 1 aromatic heterocycles. The van der Waals surface area contributed by atoms with Gasteiger partial charge in [0.15, 0.2) is 0 Å². The van der Waals surface area contributed by atoms with Gasteiger partial charge in [0.2, 0.25) is 0 Å². The van der Waals surface area contributed by atoms with E-state index in [1.54, 1.807) is 24.5 Å². The molecule has 0 bridgehead atoms. The minimum absolute atomic E-state index is 0.233. The number of hydrogen-bond donors (Lipinski definition) is 2. The minimum Gasteiger partial charge on any atom is -0.496 e. The summed E-state index contributed by atoms with van der Waals surface area (Å²) < 4.78 is 6.75. The smallest absolute Gasteiger partial charge is 0.127 e. The molecule has 0 aliphatic carbocycles. The molecule has 2 N–H and O–H groups in total. The summed E-state index contributed by atoms with van der Waals surface area (Å²) in [6, 6.07) is 13.7. The molecule has 132 valence electrons. The zero-order valence-electron chi connectivity index (χ0n) is 14.3. The molecule has 25 heavy (non-hydrogen) atoms. The zero-order valence-corrected chi connectivity index (χ0v) is 15.9. The van der Waals surface area contributed by atoms with Crippen molar-refractivity contribution < 1.29 is 9.84 Å². The lowest BCUT2D eigenvalue weighted by molar-refractivity contribution is 0.170. The molecule has 3 nitrogen and oxygen atoms in total. The number of aliphatic hydroxyl groups excluding tert-OH is 1. The predicted molar refractivity (Wildman–Crippen MR) is 106 cm³/mol. The number of thiophene rings is 1. The van der Waals surface area contributed by atoms with Crippen LogP contribution < -0.4 is 10.1 Å². The first-order chi connectivity index (χ1) is 12.1. The molecular formula is C20H22ClNO2S. The number of nitrogens with one attached hydrogen (secondary N) is 1. The van der Waals surface area contributed by atoms with Crippen LogP contribution in [0.3, 0.4) is 0 Å². The number of halogens is 1. The molecule has 2 unspecified atom stereocenters. The van der Waals surface area contributed by atoms with Gasteiger partial charge in [-0.3, -0.25) is 0 Å². The van der Waals surface area contributed by atoms with E-state index < -0.39 is 6.10 Å². The summed E-state index contributed by atoms with van der Waals surface area (Å²) in [6.07, 6.45) is 0.303. The third kappa shape index (κ3) is 4.33. The van der Waals surface area contributed by atoms with Crippen molar-refractivity contribution in [1.82, 2.24) is 5.32 Å². The molecule has 0 radical (unpaired) electrons. The van der Waals surface area contributed by atoms with Crippen LogP contribution in [0.2, 0.25) is 5.02 Å². The van der Waals surface area contributed by atoms with Crippen LogP contribution in [0.1, 0.15) is 24.2 Å². The third-order valence-corrected chi connectivity index (χ3v) is 5.51. The first-order valence-electron chi connectivity index (χ1n) is 8.28. The number of ether oxygens (including phenoxy) is 1. The Kier molecular flexibility index (Phi) is 5.97. The third-order valence-electron chi connectivity index (χ3n) is 4.28. The van der Waals surface area contributed by atoms with Gasteiger partial charge in [0.25, 0.3) is 0 Å². The van der Waals surface area contributed by atoms with Gasteiger partial charge in [0.05, 0.1) is 13.2 Å². The summed E-state index contributed by atoms with van der Waals surface area (Å²) in [4.78, 5) is 0. The first kappa shape index (κ1) is 18.2. The summed E-state index contributed by atoms with van der Waals surface area (Å²) in [6.45, 7) is 2.62. The van der Waals surface area contributed by atoms with Crippen molar-refractivity contribution in [2.24, 2.45) is 0 Å². The Labute approximate surface area is 157 Å². The Morgan fingerprint density at radius 1 is 1.24 bits per heavy atom. The summed E-state index contributed by atoms with van der Waals surface area (Å²) in [5.74, 6) is 0.917. The second-order valence-electron chi connectivity index (χ2n) is 6.18.